The number of likely N-dealkylation sites (N-methyl/N-ethyl adjacent to an activating group) is 1. The van der Waals surface area contributed by atoms with Crippen LogP contribution in [0.4, 0.5) is 17.1 Å². The minimum atomic E-state index is 0.0685. The van der Waals surface area contributed by atoms with E-state index in [2.05, 4.69) is 46.8 Å². The fourth-order valence-corrected chi connectivity index (χ4v) is 3.34. The number of hydrogen-bond donors (Lipinski definition) is 2. The smallest absolute Gasteiger partial charge is 0.226 e. The van der Waals surface area contributed by atoms with Gasteiger partial charge in [0, 0.05) is 37.8 Å². The number of carbonyl (C=O) groups excluding carboxylic acids is 1. The van der Waals surface area contributed by atoms with E-state index >= 15 is 0 Å². The molecular formula is C18H19N3O. The molecule has 0 saturated heterocycles. The van der Waals surface area contributed by atoms with Gasteiger partial charge in [0.25, 0.3) is 0 Å². The Morgan fingerprint density at radius 1 is 1.14 bits per heavy atom. The summed E-state index contributed by atoms with van der Waals surface area (Å²) >= 11 is 0. The van der Waals surface area contributed by atoms with Crippen molar-refractivity contribution >= 4 is 23.0 Å². The fourth-order valence-electron chi connectivity index (χ4n) is 3.34. The summed E-state index contributed by atoms with van der Waals surface area (Å²) < 4.78 is 0. The van der Waals surface area contributed by atoms with Crippen LogP contribution in [0, 0.1) is 0 Å². The number of benzene rings is 2. The second-order valence-corrected chi connectivity index (χ2v) is 5.97. The van der Waals surface area contributed by atoms with Gasteiger partial charge in [-0.05, 0) is 35.7 Å². The van der Waals surface area contributed by atoms with Crippen LogP contribution in [0.25, 0.3) is 11.1 Å². The average Bonchev–Trinajstić information content (AvgIpc) is 2.77. The lowest BCUT2D eigenvalue weighted by atomic mass is 9.99. The van der Waals surface area contributed by atoms with Crippen LogP contribution in [0.15, 0.2) is 36.4 Å². The minimum Gasteiger partial charge on any atom is -0.382 e. The summed E-state index contributed by atoms with van der Waals surface area (Å²) in [6.07, 6.45) is 1.60. The molecule has 0 saturated carbocycles. The third-order valence-electron chi connectivity index (χ3n) is 4.51. The van der Waals surface area contributed by atoms with Gasteiger partial charge < -0.3 is 15.5 Å². The summed E-state index contributed by atoms with van der Waals surface area (Å²) in [7, 11) is 2.14. The van der Waals surface area contributed by atoms with Gasteiger partial charge in [0.1, 0.15) is 0 Å². The zero-order valence-electron chi connectivity index (χ0n) is 12.6. The number of nitrogens with one attached hydrogen (secondary N) is 2. The molecule has 2 aliphatic rings. The van der Waals surface area contributed by atoms with Crippen molar-refractivity contribution in [2.24, 2.45) is 0 Å². The third-order valence-corrected chi connectivity index (χ3v) is 4.51. The Balaban J connectivity index is 1.81. The molecule has 0 aliphatic carbocycles. The zero-order chi connectivity index (χ0) is 15.1. The normalized spacial score (nSPS) is 16.4. The van der Waals surface area contributed by atoms with Gasteiger partial charge in [-0.15, -0.1) is 0 Å². The van der Waals surface area contributed by atoms with Crippen molar-refractivity contribution in [3.63, 3.8) is 0 Å². The van der Waals surface area contributed by atoms with Crippen LogP contribution >= 0.6 is 0 Å². The van der Waals surface area contributed by atoms with E-state index in [1.54, 1.807) is 0 Å². The standard InChI is InChI=1S/C18H19N3O/c1-21-10-8-13-11-12(5-6-16(13)21)14-3-2-4-15-18(14)19-9-7-17(22)20-15/h2-6,11,19H,7-10H2,1H3,(H,20,22). The predicted molar refractivity (Wildman–Crippen MR) is 90.6 cm³/mol. The largest absolute Gasteiger partial charge is 0.382 e. The van der Waals surface area contributed by atoms with Crippen LogP contribution in [0.3, 0.4) is 0 Å². The molecule has 2 aromatic rings. The number of para-hydroxylation sites is 1. The zero-order valence-corrected chi connectivity index (χ0v) is 12.6. The van der Waals surface area contributed by atoms with Crippen molar-refractivity contribution in [1.29, 1.82) is 0 Å². The highest BCUT2D eigenvalue weighted by Gasteiger charge is 2.19. The summed E-state index contributed by atoms with van der Waals surface area (Å²) in [6, 6.07) is 12.7. The first-order valence-electron chi connectivity index (χ1n) is 7.73. The molecule has 0 spiro atoms. The molecule has 0 bridgehead atoms. The Morgan fingerprint density at radius 3 is 2.95 bits per heavy atom. The van der Waals surface area contributed by atoms with E-state index in [9.17, 15) is 4.79 Å². The van der Waals surface area contributed by atoms with Gasteiger partial charge in [-0.1, -0.05) is 18.2 Å². The Morgan fingerprint density at radius 2 is 2.05 bits per heavy atom. The van der Waals surface area contributed by atoms with Crippen LogP contribution in [0.2, 0.25) is 0 Å². The molecule has 0 radical (unpaired) electrons. The van der Waals surface area contributed by atoms with Gasteiger partial charge in [-0.25, -0.2) is 0 Å². The molecule has 4 heteroatoms. The summed E-state index contributed by atoms with van der Waals surface area (Å²) in [5, 5.41) is 6.39. The van der Waals surface area contributed by atoms with Crippen molar-refractivity contribution in [3.8, 4) is 11.1 Å². The first-order valence-corrected chi connectivity index (χ1v) is 7.73. The van der Waals surface area contributed by atoms with E-state index in [1.165, 1.54) is 16.8 Å². The quantitative estimate of drug-likeness (QED) is 0.849. The molecule has 0 aromatic heterocycles. The summed E-state index contributed by atoms with van der Waals surface area (Å²) in [5.74, 6) is 0.0685. The topological polar surface area (TPSA) is 44.4 Å². The number of amides is 1. The lowest BCUT2D eigenvalue weighted by molar-refractivity contribution is -0.115. The van der Waals surface area contributed by atoms with Gasteiger partial charge in [-0.2, -0.15) is 0 Å². The molecule has 4 rings (SSSR count). The number of anilines is 3. The molecule has 2 aromatic carbocycles. The first kappa shape index (κ1) is 13.2. The molecule has 2 heterocycles. The highest BCUT2D eigenvalue weighted by atomic mass is 16.1. The van der Waals surface area contributed by atoms with E-state index in [0.29, 0.717) is 13.0 Å². The summed E-state index contributed by atoms with van der Waals surface area (Å²) in [6.45, 7) is 1.75. The third kappa shape index (κ3) is 2.11. The molecule has 0 unspecified atom stereocenters. The SMILES string of the molecule is CN1CCc2cc(-c3cccc4c3NCCC(=O)N4)ccc21. The van der Waals surface area contributed by atoms with Gasteiger partial charge in [-0.3, -0.25) is 4.79 Å². The van der Waals surface area contributed by atoms with Crippen LogP contribution in [-0.4, -0.2) is 26.0 Å². The maximum absolute atomic E-state index is 11.7. The van der Waals surface area contributed by atoms with Crippen LogP contribution in [-0.2, 0) is 11.2 Å². The van der Waals surface area contributed by atoms with Gasteiger partial charge in [0.15, 0.2) is 0 Å². The summed E-state index contributed by atoms with van der Waals surface area (Å²) in [5.41, 5.74) is 6.98. The lowest BCUT2D eigenvalue weighted by Gasteiger charge is -2.16. The molecule has 22 heavy (non-hydrogen) atoms. The molecule has 2 aliphatic heterocycles. The van der Waals surface area contributed by atoms with Crippen molar-refractivity contribution in [2.75, 3.05) is 35.7 Å². The second kappa shape index (κ2) is 5.05. The predicted octanol–water partition coefficient (Wildman–Crippen LogP) is 3.10. The highest BCUT2D eigenvalue weighted by molar-refractivity contribution is 6.00. The maximum Gasteiger partial charge on any atom is 0.226 e. The number of nitrogens with zero attached hydrogens (tertiary/aromatic N) is 1. The number of fused-ring (bicyclic) bond motifs is 2. The lowest BCUT2D eigenvalue weighted by Crippen LogP contribution is -2.12. The van der Waals surface area contributed by atoms with Crippen LogP contribution in [0.5, 0.6) is 0 Å². The molecule has 4 nitrogen and oxygen atoms in total. The second-order valence-electron chi connectivity index (χ2n) is 5.97. The Labute approximate surface area is 130 Å². The van der Waals surface area contributed by atoms with E-state index in [-0.39, 0.29) is 5.91 Å². The van der Waals surface area contributed by atoms with E-state index in [1.807, 2.05) is 12.1 Å². The Kier molecular flexibility index (Phi) is 3.03. The monoisotopic (exact) mass is 293 g/mol. The van der Waals surface area contributed by atoms with Gasteiger partial charge in [0.2, 0.25) is 5.91 Å². The fraction of sp³-hybridized carbons (Fsp3) is 0.278. The van der Waals surface area contributed by atoms with Crippen LogP contribution in [0.1, 0.15) is 12.0 Å². The molecule has 112 valence electrons. The van der Waals surface area contributed by atoms with E-state index in [0.717, 1.165) is 29.9 Å². The van der Waals surface area contributed by atoms with Crippen molar-refractivity contribution < 1.29 is 4.79 Å². The number of carbonyl (C=O) groups is 1. The molecule has 0 fully saturated rings. The van der Waals surface area contributed by atoms with Crippen molar-refractivity contribution in [1.82, 2.24) is 0 Å². The van der Waals surface area contributed by atoms with Gasteiger partial charge >= 0.3 is 0 Å². The number of hydrogen-bond acceptors (Lipinski definition) is 3. The highest BCUT2D eigenvalue weighted by Crippen LogP contribution is 2.38. The van der Waals surface area contributed by atoms with Crippen molar-refractivity contribution in [2.45, 2.75) is 12.8 Å². The number of rotatable bonds is 1. The minimum absolute atomic E-state index is 0.0685. The maximum atomic E-state index is 11.7. The van der Waals surface area contributed by atoms with E-state index in [4.69, 9.17) is 0 Å². The molecule has 0 atom stereocenters. The van der Waals surface area contributed by atoms with E-state index < -0.39 is 0 Å². The Hall–Kier alpha value is -2.49. The average molecular weight is 293 g/mol. The van der Waals surface area contributed by atoms with Crippen LogP contribution < -0.4 is 15.5 Å². The first-order chi connectivity index (χ1) is 10.7. The molecule has 2 N–H and O–H groups in total. The summed E-state index contributed by atoms with van der Waals surface area (Å²) in [4.78, 5) is 14.0. The molecular weight excluding hydrogens is 274 g/mol. The molecule has 1 amide bonds. The Bertz CT molecular complexity index is 754. The van der Waals surface area contributed by atoms with Gasteiger partial charge in [0.05, 0.1) is 11.4 Å². The van der Waals surface area contributed by atoms with Crippen molar-refractivity contribution in [3.05, 3.63) is 42.0 Å².